The summed E-state index contributed by atoms with van der Waals surface area (Å²) in [4.78, 5) is 16.0. The lowest BCUT2D eigenvalue weighted by molar-refractivity contribution is 0.246. The number of urea groups is 1. The van der Waals surface area contributed by atoms with Crippen LogP contribution in [0.2, 0.25) is 0 Å². The molecule has 0 spiro atoms. The summed E-state index contributed by atoms with van der Waals surface area (Å²) >= 11 is 1.76. The van der Waals surface area contributed by atoms with Gasteiger partial charge in [-0.3, -0.25) is 5.43 Å². The fraction of sp³-hybridized carbons (Fsp3) is 0.143. The number of hydrogen-bond acceptors (Lipinski definition) is 6. The zero-order valence-electron chi connectivity index (χ0n) is 11.6. The molecule has 1 aromatic carbocycles. The largest absolute Gasteiger partial charge is 0.350 e. The van der Waals surface area contributed by atoms with E-state index >= 15 is 0 Å². The number of carbonyl (C=O) groups excluding carboxylic acids is 1. The van der Waals surface area contributed by atoms with Gasteiger partial charge in [0.25, 0.3) is 5.76 Å². The van der Waals surface area contributed by atoms with Gasteiger partial charge in [0, 0.05) is 22.0 Å². The van der Waals surface area contributed by atoms with Crippen LogP contribution in [0.4, 0.5) is 19.3 Å². The minimum Gasteiger partial charge on any atom is -0.274 e. The smallest absolute Gasteiger partial charge is 0.274 e. The van der Waals surface area contributed by atoms with Gasteiger partial charge in [0.05, 0.1) is 5.69 Å². The molecule has 2 rings (SSSR count). The standard InChI is InChI=1S/C13H13F2N5OS2.CH4/c14-12(15)23-10-3-1-2-9(20(17)13(21)19-16)8(10)4-5-11-18-6-7-22-11;/h1-7,12H,16-17H2,(H,19,21);1H4/b5-4+;. The summed E-state index contributed by atoms with van der Waals surface area (Å²) < 4.78 is 25.5. The second kappa shape index (κ2) is 9.33. The highest BCUT2D eigenvalue weighted by Crippen LogP contribution is 2.35. The van der Waals surface area contributed by atoms with Crippen LogP contribution in [0.15, 0.2) is 34.7 Å². The van der Waals surface area contributed by atoms with E-state index in [9.17, 15) is 13.6 Å². The van der Waals surface area contributed by atoms with E-state index < -0.39 is 11.8 Å². The van der Waals surface area contributed by atoms with E-state index in [4.69, 9.17) is 11.7 Å². The maximum absolute atomic E-state index is 12.8. The summed E-state index contributed by atoms with van der Waals surface area (Å²) in [5.41, 5.74) is 2.51. The second-order valence-electron chi connectivity index (χ2n) is 4.09. The van der Waals surface area contributed by atoms with Gasteiger partial charge in [0.15, 0.2) is 0 Å². The summed E-state index contributed by atoms with van der Waals surface area (Å²) in [6.45, 7) is 0. The van der Waals surface area contributed by atoms with Crippen LogP contribution in [0, 0.1) is 0 Å². The molecule has 0 aliphatic rings. The van der Waals surface area contributed by atoms with Crippen molar-refractivity contribution in [3.63, 3.8) is 0 Å². The van der Waals surface area contributed by atoms with E-state index in [0.717, 1.165) is 5.01 Å². The van der Waals surface area contributed by atoms with E-state index in [1.165, 1.54) is 29.5 Å². The van der Waals surface area contributed by atoms with E-state index in [2.05, 4.69) is 4.98 Å². The zero-order valence-corrected chi connectivity index (χ0v) is 13.3. The van der Waals surface area contributed by atoms with E-state index in [-0.39, 0.29) is 18.0 Å². The number of amides is 2. The van der Waals surface area contributed by atoms with Crippen LogP contribution < -0.4 is 22.1 Å². The number of aromatic nitrogens is 1. The van der Waals surface area contributed by atoms with Crippen LogP contribution in [0.25, 0.3) is 12.2 Å². The summed E-state index contributed by atoms with van der Waals surface area (Å²) in [5.74, 6) is 8.15. The lowest BCUT2D eigenvalue weighted by atomic mass is 10.1. The molecule has 6 nitrogen and oxygen atoms in total. The molecule has 2 amide bonds. The topological polar surface area (TPSA) is 97.3 Å². The average Bonchev–Trinajstić information content (AvgIpc) is 3.04. The highest BCUT2D eigenvalue weighted by Gasteiger charge is 2.18. The molecular formula is C14H17F2N5OS2. The fourth-order valence-electron chi connectivity index (χ4n) is 1.76. The van der Waals surface area contributed by atoms with Gasteiger partial charge < -0.3 is 0 Å². The molecular weight excluding hydrogens is 356 g/mol. The first kappa shape index (κ1) is 20.0. The number of rotatable bonds is 5. The number of alkyl halides is 2. The van der Waals surface area contributed by atoms with Crippen molar-refractivity contribution in [3.05, 3.63) is 40.3 Å². The van der Waals surface area contributed by atoms with E-state index in [0.29, 0.717) is 22.3 Å². The van der Waals surface area contributed by atoms with Crippen LogP contribution in [0.3, 0.4) is 0 Å². The first-order valence-corrected chi connectivity index (χ1v) is 7.99. The molecule has 0 unspecified atom stereocenters. The lowest BCUT2D eigenvalue weighted by Crippen LogP contribution is -2.47. The Labute approximate surface area is 146 Å². The maximum Gasteiger partial charge on any atom is 0.350 e. The van der Waals surface area contributed by atoms with Crippen molar-refractivity contribution in [1.82, 2.24) is 10.4 Å². The van der Waals surface area contributed by atoms with Gasteiger partial charge in [-0.05, 0) is 24.3 Å². The number of halogens is 2. The van der Waals surface area contributed by atoms with Gasteiger partial charge in [-0.25, -0.2) is 26.5 Å². The van der Waals surface area contributed by atoms with Crippen LogP contribution >= 0.6 is 23.1 Å². The monoisotopic (exact) mass is 373 g/mol. The average molecular weight is 373 g/mol. The molecule has 130 valence electrons. The van der Waals surface area contributed by atoms with E-state index in [1.807, 2.05) is 5.43 Å². The minimum atomic E-state index is -2.60. The summed E-state index contributed by atoms with van der Waals surface area (Å²) in [6.07, 6.45) is 4.87. The molecule has 0 aliphatic carbocycles. The number of carbonyl (C=O) groups is 1. The molecule has 0 aliphatic heterocycles. The van der Waals surface area contributed by atoms with Gasteiger partial charge >= 0.3 is 6.03 Å². The van der Waals surface area contributed by atoms with Crippen LogP contribution in [0.1, 0.15) is 18.0 Å². The third-order valence-corrected chi connectivity index (χ3v) is 4.23. The van der Waals surface area contributed by atoms with E-state index in [1.54, 1.807) is 23.7 Å². The first-order chi connectivity index (χ1) is 11.0. The van der Waals surface area contributed by atoms with Gasteiger partial charge in [0.2, 0.25) is 0 Å². The number of thiazole rings is 1. The number of thioether (sulfide) groups is 1. The molecule has 0 saturated carbocycles. The molecule has 2 aromatic rings. The van der Waals surface area contributed by atoms with Crippen molar-refractivity contribution in [2.45, 2.75) is 18.1 Å². The Morgan fingerprint density at radius 2 is 2.17 bits per heavy atom. The van der Waals surface area contributed by atoms with Crippen LogP contribution in [0.5, 0.6) is 0 Å². The fourth-order valence-corrected chi connectivity index (χ4v) is 2.94. The molecule has 5 N–H and O–H groups in total. The van der Waals surface area contributed by atoms with Crippen LogP contribution in [-0.4, -0.2) is 16.8 Å². The van der Waals surface area contributed by atoms with Gasteiger partial charge in [-0.1, -0.05) is 25.3 Å². The predicted molar refractivity (Wildman–Crippen MR) is 95.5 cm³/mol. The third kappa shape index (κ3) is 4.99. The zero-order chi connectivity index (χ0) is 16.8. The second-order valence-corrected chi connectivity index (χ2v) is 6.05. The first-order valence-electron chi connectivity index (χ1n) is 6.23. The Kier molecular flexibility index (Phi) is 7.79. The molecule has 0 atom stereocenters. The van der Waals surface area contributed by atoms with Crippen LogP contribution in [-0.2, 0) is 0 Å². The van der Waals surface area contributed by atoms with Crippen molar-refractivity contribution < 1.29 is 13.6 Å². The molecule has 0 bridgehead atoms. The minimum absolute atomic E-state index is 0. The summed E-state index contributed by atoms with van der Waals surface area (Å²) in [5, 5.41) is 3.24. The lowest BCUT2D eigenvalue weighted by Gasteiger charge is -2.20. The Bertz CT molecular complexity index is 694. The Hall–Kier alpha value is -2.01. The molecule has 0 radical (unpaired) electrons. The molecule has 0 fully saturated rings. The number of hydrazine groups is 2. The SMILES string of the molecule is C.NNC(=O)N(N)c1cccc(SC(F)F)c1/C=C/c1nccs1. The Morgan fingerprint density at radius 3 is 2.75 bits per heavy atom. The maximum atomic E-state index is 12.8. The van der Waals surface area contributed by atoms with Crippen molar-refractivity contribution >= 4 is 47.0 Å². The summed E-state index contributed by atoms with van der Waals surface area (Å²) in [7, 11) is 0. The normalized spacial score (nSPS) is 10.7. The highest BCUT2D eigenvalue weighted by molar-refractivity contribution is 7.99. The molecule has 0 saturated heterocycles. The van der Waals surface area contributed by atoms with Crippen molar-refractivity contribution in [3.8, 4) is 0 Å². The van der Waals surface area contributed by atoms with Gasteiger partial charge in [-0.15, -0.1) is 11.3 Å². The predicted octanol–water partition coefficient (Wildman–Crippen LogP) is 3.53. The number of nitrogens with one attached hydrogen (secondary N) is 1. The van der Waals surface area contributed by atoms with Crippen molar-refractivity contribution in [1.29, 1.82) is 0 Å². The Morgan fingerprint density at radius 1 is 1.42 bits per heavy atom. The number of nitrogens with two attached hydrogens (primary N) is 2. The number of hydrogen-bond donors (Lipinski definition) is 3. The quantitative estimate of drug-likeness (QED) is 0.322. The number of benzene rings is 1. The van der Waals surface area contributed by atoms with Gasteiger partial charge in [-0.2, -0.15) is 8.78 Å². The number of anilines is 1. The molecule has 1 heterocycles. The summed E-state index contributed by atoms with van der Waals surface area (Å²) in [6, 6.07) is 3.82. The number of nitrogens with zero attached hydrogens (tertiary/aromatic N) is 2. The third-order valence-electron chi connectivity index (χ3n) is 2.70. The van der Waals surface area contributed by atoms with Gasteiger partial charge in [0.1, 0.15) is 5.01 Å². The van der Waals surface area contributed by atoms with Crippen molar-refractivity contribution in [2.24, 2.45) is 11.7 Å². The highest BCUT2D eigenvalue weighted by atomic mass is 32.2. The molecule has 1 aromatic heterocycles. The molecule has 10 heteroatoms. The van der Waals surface area contributed by atoms with Crippen molar-refractivity contribution in [2.75, 3.05) is 5.01 Å². The Balaban J connectivity index is 0.00000288. The molecule has 24 heavy (non-hydrogen) atoms.